The first-order valence-electron chi connectivity index (χ1n) is 4.45. The molecule has 1 aromatic carbocycles. The van der Waals surface area contributed by atoms with Gasteiger partial charge in [-0.05, 0) is 31.0 Å². The second kappa shape index (κ2) is 4.86. The number of ketones is 1. The van der Waals surface area contributed by atoms with Crippen LogP contribution in [-0.2, 0) is 0 Å². The van der Waals surface area contributed by atoms with Crippen LogP contribution in [0.15, 0.2) is 6.07 Å². The minimum absolute atomic E-state index is 0.0724. The van der Waals surface area contributed by atoms with Gasteiger partial charge in [-0.3, -0.25) is 4.79 Å². The highest BCUT2D eigenvalue weighted by Crippen LogP contribution is 2.32. The molecule has 0 N–H and O–H groups in total. The molecule has 0 aliphatic rings. The zero-order valence-electron chi connectivity index (χ0n) is 8.86. The number of ether oxygens (including phenoxy) is 1. The monoisotopic (exact) mass is 246 g/mol. The third-order valence-electron chi connectivity index (χ3n) is 2.27. The van der Waals surface area contributed by atoms with Crippen LogP contribution in [0.1, 0.15) is 21.5 Å². The van der Waals surface area contributed by atoms with E-state index in [1.54, 1.807) is 13.0 Å². The number of carbonyl (C=O) groups excluding carboxylic acids is 1. The minimum Gasteiger partial charge on any atom is -0.496 e. The van der Waals surface area contributed by atoms with Crippen LogP contribution < -0.4 is 4.74 Å². The summed E-state index contributed by atoms with van der Waals surface area (Å²) in [5.41, 5.74) is 2.03. The summed E-state index contributed by atoms with van der Waals surface area (Å²) in [6.07, 6.45) is 0. The summed E-state index contributed by atoms with van der Waals surface area (Å²) >= 11 is 11.5. The Morgan fingerprint density at radius 3 is 2.53 bits per heavy atom. The Bertz CT molecular complexity index is 400. The summed E-state index contributed by atoms with van der Waals surface area (Å²) in [6, 6.07) is 1.78. The van der Waals surface area contributed by atoms with Gasteiger partial charge >= 0.3 is 0 Å². The highest BCUT2D eigenvalue weighted by atomic mass is 35.5. The average molecular weight is 247 g/mol. The number of alkyl halides is 1. The van der Waals surface area contributed by atoms with Crippen LogP contribution >= 0.6 is 23.2 Å². The third kappa shape index (κ3) is 2.27. The van der Waals surface area contributed by atoms with Crippen molar-refractivity contribution in [1.29, 1.82) is 0 Å². The van der Waals surface area contributed by atoms with Gasteiger partial charge in [-0.1, -0.05) is 11.6 Å². The van der Waals surface area contributed by atoms with E-state index in [0.29, 0.717) is 21.9 Å². The lowest BCUT2D eigenvalue weighted by atomic mass is 10.0. The Kier molecular flexibility index (Phi) is 4.00. The first-order chi connectivity index (χ1) is 7.02. The van der Waals surface area contributed by atoms with Gasteiger partial charge in [-0.25, -0.2) is 0 Å². The molecule has 0 heterocycles. The Morgan fingerprint density at radius 1 is 1.47 bits per heavy atom. The maximum absolute atomic E-state index is 11.6. The number of hydrogen-bond acceptors (Lipinski definition) is 2. The summed E-state index contributed by atoms with van der Waals surface area (Å²) in [6.45, 7) is 3.62. The van der Waals surface area contributed by atoms with Gasteiger partial charge in [0.15, 0.2) is 5.78 Å². The number of carbonyl (C=O) groups is 1. The van der Waals surface area contributed by atoms with Gasteiger partial charge in [0.25, 0.3) is 0 Å². The molecule has 0 aliphatic heterocycles. The number of Topliss-reactive ketones (excluding diaryl/α,β-unsaturated/α-hetero) is 1. The Balaban J connectivity index is 3.50. The number of rotatable bonds is 3. The number of methoxy groups -OCH3 is 1. The molecule has 0 spiro atoms. The minimum atomic E-state index is -0.170. The van der Waals surface area contributed by atoms with Crippen LogP contribution in [0.25, 0.3) is 0 Å². The van der Waals surface area contributed by atoms with Gasteiger partial charge in [-0.15, -0.1) is 11.6 Å². The molecule has 1 aromatic rings. The standard InChI is InChI=1S/C11H12Cl2O2/c1-6-4-8(13)7(2)10(9(14)5-12)11(6)15-3/h4H,5H2,1-3H3. The second-order valence-corrected chi connectivity index (χ2v) is 3.94. The van der Waals surface area contributed by atoms with Crippen molar-refractivity contribution < 1.29 is 9.53 Å². The van der Waals surface area contributed by atoms with Crippen LogP contribution in [0.4, 0.5) is 0 Å². The predicted octanol–water partition coefficient (Wildman–Crippen LogP) is 3.39. The molecule has 82 valence electrons. The quantitative estimate of drug-likeness (QED) is 0.604. The lowest BCUT2D eigenvalue weighted by Gasteiger charge is -2.13. The fourth-order valence-electron chi connectivity index (χ4n) is 1.52. The maximum atomic E-state index is 11.6. The first-order valence-corrected chi connectivity index (χ1v) is 5.37. The summed E-state index contributed by atoms with van der Waals surface area (Å²) in [5, 5.41) is 0.557. The lowest BCUT2D eigenvalue weighted by Crippen LogP contribution is -2.07. The molecule has 0 atom stereocenters. The first kappa shape index (κ1) is 12.3. The molecule has 0 fully saturated rings. The fourth-order valence-corrected chi connectivity index (χ4v) is 1.91. The Labute approximate surface area is 99.1 Å². The SMILES string of the molecule is COc1c(C)cc(Cl)c(C)c1C(=O)CCl. The molecule has 0 aromatic heterocycles. The Morgan fingerprint density at radius 2 is 2.07 bits per heavy atom. The number of aryl methyl sites for hydroxylation is 1. The average Bonchev–Trinajstić information content (AvgIpc) is 2.21. The smallest absolute Gasteiger partial charge is 0.181 e. The van der Waals surface area contributed by atoms with E-state index in [9.17, 15) is 4.79 Å². The van der Waals surface area contributed by atoms with Gasteiger partial charge in [0.2, 0.25) is 0 Å². The molecule has 2 nitrogen and oxygen atoms in total. The molecule has 0 amide bonds. The van der Waals surface area contributed by atoms with Crippen LogP contribution in [-0.4, -0.2) is 18.8 Å². The van der Waals surface area contributed by atoms with Gasteiger partial charge in [-0.2, -0.15) is 0 Å². The molecule has 0 saturated heterocycles. The van der Waals surface area contributed by atoms with E-state index in [2.05, 4.69) is 0 Å². The molecule has 0 radical (unpaired) electrons. The van der Waals surface area contributed by atoms with Crippen molar-refractivity contribution in [1.82, 2.24) is 0 Å². The van der Waals surface area contributed by atoms with Crippen molar-refractivity contribution in [3.05, 3.63) is 27.8 Å². The van der Waals surface area contributed by atoms with Gasteiger partial charge in [0.1, 0.15) is 5.75 Å². The number of halogens is 2. The normalized spacial score (nSPS) is 10.2. The molecule has 4 heteroatoms. The van der Waals surface area contributed by atoms with E-state index < -0.39 is 0 Å². The van der Waals surface area contributed by atoms with Gasteiger partial charge in [0, 0.05) is 5.02 Å². The number of benzene rings is 1. The molecule has 0 saturated carbocycles. The second-order valence-electron chi connectivity index (χ2n) is 3.27. The molecule has 0 unspecified atom stereocenters. The van der Waals surface area contributed by atoms with Crippen molar-refractivity contribution in [3.8, 4) is 5.75 Å². The van der Waals surface area contributed by atoms with Crippen molar-refractivity contribution in [2.75, 3.05) is 13.0 Å². The molecule has 1 rings (SSSR count). The van der Waals surface area contributed by atoms with E-state index in [1.165, 1.54) is 7.11 Å². The zero-order valence-corrected chi connectivity index (χ0v) is 10.4. The fraction of sp³-hybridized carbons (Fsp3) is 0.364. The highest BCUT2D eigenvalue weighted by molar-refractivity contribution is 6.34. The molecular formula is C11H12Cl2O2. The van der Waals surface area contributed by atoms with E-state index >= 15 is 0 Å². The van der Waals surface area contributed by atoms with E-state index in [4.69, 9.17) is 27.9 Å². The van der Waals surface area contributed by atoms with Crippen LogP contribution in [0.3, 0.4) is 0 Å². The van der Waals surface area contributed by atoms with Crippen LogP contribution in [0.5, 0.6) is 5.75 Å². The summed E-state index contributed by atoms with van der Waals surface area (Å²) < 4.78 is 5.20. The van der Waals surface area contributed by atoms with Crippen molar-refractivity contribution in [2.45, 2.75) is 13.8 Å². The van der Waals surface area contributed by atoms with Gasteiger partial charge in [0.05, 0.1) is 18.6 Å². The molecule has 0 bridgehead atoms. The van der Waals surface area contributed by atoms with Gasteiger partial charge < -0.3 is 4.74 Å². The highest BCUT2D eigenvalue weighted by Gasteiger charge is 2.18. The van der Waals surface area contributed by atoms with Crippen molar-refractivity contribution in [2.24, 2.45) is 0 Å². The van der Waals surface area contributed by atoms with E-state index in [-0.39, 0.29) is 11.7 Å². The largest absolute Gasteiger partial charge is 0.496 e. The third-order valence-corrected chi connectivity index (χ3v) is 2.90. The maximum Gasteiger partial charge on any atom is 0.181 e. The van der Waals surface area contributed by atoms with Crippen molar-refractivity contribution in [3.63, 3.8) is 0 Å². The molecular weight excluding hydrogens is 235 g/mol. The van der Waals surface area contributed by atoms with E-state index in [0.717, 1.165) is 5.56 Å². The predicted molar refractivity (Wildman–Crippen MR) is 62.5 cm³/mol. The molecule has 0 aliphatic carbocycles. The van der Waals surface area contributed by atoms with E-state index in [1.807, 2.05) is 6.92 Å². The summed E-state index contributed by atoms with van der Waals surface area (Å²) in [7, 11) is 1.53. The van der Waals surface area contributed by atoms with Crippen LogP contribution in [0, 0.1) is 13.8 Å². The number of hydrogen-bond donors (Lipinski definition) is 0. The van der Waals surface area contributed by atoms with Crippen molar-refractivity contribution >= 4 is 29.0 Å². The molecule has 15 heavy (non-hydrogen) atoms. The summed E-state index contributed by atoms with van der Waals surface area (Å²) in [5.74, 6) is 0.316. The topological polar surface area (TPSA) is 26.3 Å². The Hall–Kier alpha value is -0.730. The van der Waals surface area contributed by atoms with Crippen LogP contribution in [0.2, 0.25) is 5.02 Å². The summed E-state index contributed by atoms with van der Waals surface area (Å²) in [4.78, 5) is 11.6. The lowest BCUT2D eigenvalue weighted by molar-refractivity contribution is 0.101. The zero-order chi connectivity index (χ0) is 11.6.